The number of rotatable bonds is 3. The number of nitrogens with zero attached hydrogens (tertiary/aromatic N) is 3. The van der Waals surface area contributed by atoms with E-state index in [1.165, 1.54) is 4.90 Å². The Bertz CT molecular complexity index is 693. The largest absolute Gasteiger partial charge is 0.445 e. The third kappa shape index (κ3) is 5.88. The van der Waals surface area contributed by atoms with E-state index in [-0.39, 0.29) is 25.6 Å². The number of carbonyl (C=O) groups is 2. The Morgan fingerprint density at radius 3 is 2.41 bits per heavy atom. The van der Waals surface area contributed by atoms with Crippen molar-refractivity contribution in [2.75, 3.05) is 13.1 Å². The second kappa shape index (κ2) is 8.76. The van der Waals surface area contributed by atoms with Gasteiger partial charge in [-0.15, -0.1) is 0 Å². The molecule has 0 saturated carbocycles. The van der Waals surface area contributed by atoms with Gasteiger partial charge in [0, 0.05) is 13.1 Å². The third-order valence-corrected chi connectivity index (χ3v) is 4.24. The molecular weight excluding hydrogens is 346 g/mol. The highest BCUT2D eigenvalue weighted by Crippen LogP contribution is 2.21. The zero-order chi connectivity index (χ0) is 20.0. The van der Waals surface area contributed by atoms with Crippen LogP contribution >= 0.6 is 0 Å². The molecule has 7 nitrogen and oxygen atoms in total. The van der Waals surface area contributed by atoms with Crippen molar-refractivity contribution >= 4 is 12.2 Å². The molecule has 146 valence electrons. The number of nitriles is 1. The summed E-state index contributed by atoms with van der Waals surface area (Å²) >= 11 is 0. The first-order valence-electron chi connectivity index (χ1n) is 9.05. The topological polar surface area (TPSA) is 82.9 Å². The molecular formula is C20H27N3O4. The van der Waals surface area contributed by atoms with Crippen molar-refractivity contribution in [2.45, 2.75) is 58.4 Å². The summed E-state index contributed by atoms with van der Waals surface area (Å²) in [5.41, 5.74) is 0.288. The van der Waals surface area contributed by atoms with E-state index in [9.17, 15) is 9.59 Å². The SMILES string of the molecule is C[C@@H]1CN(C(=O)OCc2ccccc2)[C@@H](CC#N)CN1C(=O)OC(C)(C)C. The molecule has 1 saturated heterocycles. The molecule has 1 heterocycles. The molecule has 0 spiro atoms. The van der Waals surface area contributed by atoms with Crippen LogP contribution in [0, 0.1) is 11.3 Å². The molecule has 2 rings (SSSR count). The summed E-state index contributed by atoms with van der Waals surface area (Å²) in [6, 6.07) is 10.8. The maximum Gasteiger partial charge on any atom is 0.410 e. The van der Waals surface area contributed by atoms with Gasteiger partial charge in [0.1, 0.15) is 12.2 Å². The summed E-state index contributed by atoms with van der Waals surface area (Å²) in [5.74, 6) is 0. The lowest BCUT2D eigenvalue weighted by molar-refractivity contribution is -0.0135. The van der Waals surface area contributed by atoms with Gasteiger partial charge in [-0.1, -0.05) is 30.3 Å². The molecule has 0 radical (unpaired) electrons. The number of piperazine rings is 1. The normalized spacial score (nSPS) is 20.0. The van der Waals surface area contributed by atoms with Crippen molar-refractivity contribution in [1.82, 2.24) is 9.80 Å². The molecule has 0 aliphatic carbocycles. The second-order valence-electron chi connectivity index (χ2n) is 7.69. The fourth-order valence-corrected chi connectivity index (χ4v) is 2.92. The van der Waals surface area contributed by atoms with Crippen LogP contribution in [-0.4, -0.2) is 52.8 Å². The van der Waals surface area contributed by atoms with Gasteiger partial charge < -0.3 is 19.3 Å². The van der Waals surface area contributed by atoms with Crippen molar-refractivity contribution in [2.24, 2.45) is 0 Å². The van der Waals surface area contributed by atoms with Crippen LogP contribution in [0.4, 0.5) is 9.59 Å². The molecule has 2 amide bonds. The zero-order valence-electron chi connectivity index (χ0n) is 16.3. The minimum Gasteiger partial charge on any atom is -0.445 e. The summed E-state index contributed by atoms with van der Waals surface area (Å²) in [6.45, 7) is 7.96. The minimum absolute atomic E-state index is 0.118. The van der Waals surface area contributed by atoms with Gasteiger partial charge in [-0.05, 0) is 33.3 Å². The highest BCUT2D eigenvalue weighted by Gasteiger charge is 2.38. The molecule has 1 aliphatic rings. The molecule has 1 aromatic carbocycles. The molecule has 0 N–H and O–H groups in total. The van der Waals surface area contributed by atoms with E-state index in [0.29, 0.717) is 6.54 Å². The molecule has 7 heteroatoms. The van der Waals surface area contributed by atoms with E-state index < -0.39 is 23.8 Å². The van der Waals surface area contributed by atoms with Crippen molar-refractivity contribution < 1.29 is 19.1 Å². The monoisotopic (exact) mass is 373 g/mol. The van der Waals surface area contributed by atoms with E-state index in [0.717, 1.165) is 5.56 Å². The standard InChI is InChI=1S/C20H27N3O4/c1-15-12-23(18(24)26-14-16-8-6-5-7-9-16)17(10-11-21)13-22(15)19(25)27-20(2,3)4/h5-9,15,17H,10,12-14H2,1-4H3/t15-,17+/m1/s1. The molecule has 0 bridgehead atoms. The van der Waals surface area contributed by atoms with Gasteiger partial charge in [0.05, 0.1) is 24.6 Å². The van der Waals surface area contributed by atoms with Crippen molar-refractivity contribution in [3.05, 3.63) is 35.9 Å². The number of amides is 2. The Kier molecular flexibility index (Phi) is 6.67. The molecule has 0 unspecified atom stereocenters. The quantitative estimate of drug-likeness (QED) is 0.809. The first-order chi connectivity index (χ1) is 12.7. The van der Waals surface area contributed by atoms with E-state index in [2.05, 4.69) is 6.07 Å². The summed E-state index contributed by atoms with van der Waals surface area (Å²) in [7, 11) is 0. The van der Waals surface area contributed by atoms with Gasteiger partial charge in [0.2, 0.25) is 0 Å². The Morgan fingerprint density at radius 2 is 1.81 bits per heavy atom. The molecule has 1 aliphatic heterocycles. The van der Waals surface area contributed by atoms with E-state index in [4.69, 9.17) is 14.7 Å². The maximum atomic E-state index is 12.6. The lowest BCUT2D eigenvalue weighted by Crippen LogP contribution is -2.60. The van der Waals surface area contributed by atoms with Crippen LogP contribution in [0.3, 0.4) is 0 Å². The lowest BCUT2D eigenvalue weighted by atomic mass is 10.1. The van der Waals surface area contributed by atoms with Crippen LogP contribution in [0.15, 0.2) is 30.3 Å². The highest BCUT2D eigenvalue weighted by atomic mass is 16.6. The van der Waals surface area contributed by atoms with Crippen molar-refractivity contribution in [1.29, 1.82) is 5.26 Å². The summed E-state index contributed by atoms with van der Waals surface area (Å²) < 4.78 is 10.9. The fraction of sp³-hybridized carbons (Fsp3) is 0.550. The molecule has 1 aromatic rings. The Morgan fingerprint density at radius 1 is 1.15 bits per heavy atom. The van der Waals surface area contributed by atoms with Gasteiger partial charge >= 0.3 is 12.2 Å². The number of hydrogen-bond acceptors (Lipinski definition) is 5. The predicted molar refractivity (Wildman–Crippen MR) is 99.8 cm³/mol. The molecule has 1 fully saturated rings. The number of hydrogen-bond donors (Lipinski definition) is 0. The average Bonchev–Trinajstić information content (AvgIpc) is 2.60. The number of carbonyl (C=O) groups excluding carboxylic acids is 2. The lowest BCUT2D eigenvalue weighted by Gasteiger charge is -2.44. The number of ether oxygens (including phenoxy) is 2. The van der Waals surface area contributed by atoms with E-state index in [1.807, 2.05) is 37.3 Å². The average molecular weight is 373 g/mol. The molecule has 0 aromatic heterocycles. The summed E-state index contributed by atoms with van der Waals surface area (Å²) in [6.07, 6.45) is -0.794. The van der Waals surface area contributed by atoms with E-state index >= 15 is 0 Å². The molecule has 2 atom stereocenters. The van der Waals surface area contributed by atoms with Crippen molar-refractivity contribution in [3.63, 3.8) is 0 Å². The van der Waals surface area contributed by atoms with Gasteiger partial charge in [0.15, 0.2) is 0 Å². The van der Waals surface area contributed by atoms with Gasteiger partial charge in [0.25, 0.3) is 0 Å². The Hall–Kier alpha value is -2.75. The van der Waals surface area contributed by atoms with Crippen molar-refractivity contribution in [3.8, 4) is 6.07 Å². The Balaban J connectivity index is 2.03. The zero-order valence-corrected chi connectivity index (χ0v) is 16.3. The highest BCUT2D eigenvalue weighted by molar-refractivity contribution is 5.71. The van der Waals surface area contributed by atoms with Gasteiger partial charge in [-0.3, -0.25) is 0 Å². The van der Waals surface area contributed by atoms with E-state index in [1.54, 1.807) is 25.7 Å². The third-order valence-electron chi connectivity index (χ3n) is 4.24. The van der Waals surface area contributed by atoms with Crippen LogP contribution in [-0.2, 0) is 16.1 Å². The van der Waals surface area contributed by atoms with Crippen LogP contribution in [0.25, 0.3) is 0 Å². The maximum absolute atomic E-state index is 12.6. The van der Waals surface area contributed by atoms with Gasteiger partial charge in [-0.25, -0.2) is 9.59 Å². The minimum atomic E-state index is -0.604. The van der Waals surface area contributed by atoms with Crippen LogP contribution in [0.1, 0.15) is 39.7 Å². The second-order valence-corrected chi connectivity index (χ2v) is 7.69. The Labute approximate surface area is 160 Å². The van der Waals surface area contributed by atoms with Crippen LogP contribution < -0.4 is 0 Å². The summed E-state index contributed by atoms with van der Waals surface area (Å²) in [5, 5.41) is 9.14. The summed E-state index contributed by atoms with van der Waals surface area (Å²) in [4.78, 5) is 28.1. The van der Waals surface area contributed by atoms with Crippen LogP contribution in [0.2, 0.25) is 0 Å². The molecule has 27 heavy (non-hydrogen) atoms. The first kappa shape index (κ1) is 20.6. The van der Waals surface area contributed by atoms with Crippen LogP contribution in [0.5, 0.6) is 0 Å². The first-order valence-corrected chi connectivity index (χ1v) is 9.05. The number of benzene rings is 1. The smallest absolute Gasteiger partial charge is 0.410 e. The predicted octanol–water partition coefficient (Wildman–Crippen LogP) is 3.55. The fourth-order valence-electron chi connectivity index (χ4n) is 2.92. The van der Waals surface area contributed by atoms with Gasteiger partial charge in [-0.2, -0.15) is 5.26 Å².